The van der Waals surface area contributed by atoms with Crippen LogP contribution in [0, 0.1) is 5.82 Å². The second-order valence-corrected chi connectivity index (χ2v) is 7.94. The van der Waals surface area contributed by atoms with Gasteiger partial charge in [0.05, 0.1) is 14.8 Å². The van der Waals surface area contributed by atoms with Crippen molar-refractivity contribution in [2.75, 3.05) is 5.75 Å². The topological polar surface area (TPSA) is 51.2 Å². The van der Waals surface area contributed by atoms with Crippen molar-refractivity contribution in [1.29, 1.82) is 0 Å². The molecule has 3 nitrogen and oxygen atoms in total. The molecule has 0 saturated carbocycles. The minimum atomic E-state index is -3.84. The molecule has 21 heavy (non-hydrogen) atoms. The summed E-state index contributed by atoms with van der Waals surface area (Å²) in [6.45, 7) is 1.96. The molecule has 0 bridgehead atoms. The van der Waals surface area contributed by atoms with Crippen molar-refractivity contribution in [3.8, 4) is 0 Å². The molecule has 0 atom stereocenters. The van der Waals surface area contributed by atoms with Gasteiger partial charge in [0.25, 0.3) is 0 Å². The lowest BCUT2D eigenvalue weighted by atomic mass is 10.3. The normalized spacial score (nSPS) is 11.6. The molecule has 0 spiro atoms. The van der Waals surface area contributed by atoms with Crippen LogP contribution in [0.4, 0.5) is 4.39 Å². The average molecular weight is 347 g/mol. The predicted octanol–water partition coefficient (Wildman–Crippen LogP) is 3.76. The van der Waals surface area contributed by atoms with Gasteiger partial charge in [-0.15, -0.1) is 11.3 Å². The summed E-state index contributed by atoms with van der Waals surface area (Å²) in [6.07, 6.45) is 0.790. The van der Waals surface area contributed by atoms with E-state index in [-0.39, 0.29) is 9.92 Å². The second kappa shape index (κ2) is 6.25. The Kier molecular flexibility index (Phi) is 4.81. The van der Waals surface area contributed by atoms with Crippen LogP contribution in [0.5, 0.6) is 0 Å². The third kappa shape index (κ3) is 3.70. The number of hydrogen-bond acceptors (Lipinski definition) is 4. The van der Waals surface area contributed by atoms with E-state index >= 15 is 0 Å². The van der Waals surface area contributed by atoms with Crippen molar-refractivity contribution in [3.05, 3.63) is 50.9 Å². The van der Waals surface area contributed by atoms with Crippen LogP contribution in [0.15, 0.2) is 35.2 Å². The minimum absolute atomic E-state index is 0.158. The molecule has 0 radical (unpaired) electrons. The smallest absolute Gasteiger partial charge is 0.188 e. The van der Waals surface area contributed by atoms with Gasteiger partial charge in [0.15, 0.2) is 15.6 Å². The van der Waals surface area contributed by atoms with Crippen molar-refractivity contribution in [3.63, 3.8) is 0 Å². The number of aryl methyl sites for hydroxylation is 1. The highest BCUT2D eigenvalue weighted by Crippen LogP contribution is 2.23. The Hall–Kier alpha value is -1.24. The number of sulfone groups is 1. The molecule has 2 rings (SSSR count). The van der Waals surface area contributed by atoms with E-state index < -0.39 is 27.2 Å². The molecule has 0 N–H and O–H groups in total. The number of ketones is 1. The van der Waals surface area contributed by atoms with Gasteiger partial charge in [-0.1, -0.05) is 18.5 Å². The zero-order valence-corrected chi connectivity index (χ0v) is 13.5. The Bertz CT molecular complexity index is 781. The van der Waals surface area contributed by atoms with E-state index in [0.717, 1.165) is 29.5 Å². The molecule has 1 aromatic heterocycles. The van der Waals surface area contributed by atoms with Gasteiger partial charge in [-0.2, -0.15) is 0 Å². The van der Waals surface area contributed by atoms with Gasteiger partial charge in [-0.05, 0) is 36.8 Å². The fraction of sp³-hybridized carbons (Fsp3) is 0.214. The fourth-order valence-corrected chi connectivity index (χ4v) is 4.18. The number of thiophene rings is 1. The van der Waals surface area contributed by atoms with Crippen molar-refractivity contribution in [2.24, 2.45) is 0 Å². The van der Waals surface area contributed by atoms with Gasteiger partial charge in [-0.25, -0.2) is 12.8 Å². The number of benzene rings is 1. The molecule has 0 amide bonds. The zero-order chi connectivity index (χ0) is 15.6. The van der Waals surface area contributed by atoms with E-state index in [2.05, 4.69) is 0 Å². The standard InChI is InChI=1S/C14H12ClFO3S2/c1-2-9-3-6-14(20-9)13(17)8-21(18,19)10-4-5-12(16)11(15)7-10/h3-7H,2,8H2,1H3. The molecular formula is C14H12ClFO3S2. The Balaban J connectivity index is 2.24. The molecular weight excluding hydrogens is 335 g/mol. The molecule has 0 saturated heterocycles. The van der Waals surface area contributed by atoms with Gasteiger partial charge in [0, 0.05) is 4.88 Å². The molecule has 1 heterocycles. The Morgan fingerprint density at radius 1 is 1.29 bits per heavy atom. The SMILES string of the molecule is CCc1ccc(C(=O)CS(=O)(=O)c2ccc(F)c(Cl)c2)s1. The van der Waals surface area contributed by atoms with Crippen molar-refractivity contribution in [1.82, 2.24) is 0 Å². The van der Waals surface area contributed by atoms with Crippen LogP contribution in [-0.4, -0.2) is 20.0 Å². The quantitative estimate of drug-likeness (QED) is 0.612. The third-order valence-corrected chi connectivity index (χ3v) is 6.03. The van der Waals surface area contributed by atoms with Crippen molar-refractivity contribution >= 4 is 38.6 Å². The van der Waals surface area contributed by atoms with Gasteiger partial charge in [-0.3, -0.25) is 4.79 Å². The third-order valence-electron chi connectivity index (χ3n) is 2.86. The molecule has 112 valence electrons. The number of carbonyl (C=O) groups excluding carboxylic acids is 1. The van der Waals surface area contributed by atoms with Gasteiger partial charge < -0.3 is 0 Å². The lowest BCUT2D eigenvalue weighted by molar-refractivity contribution is 0.102. The van der Waals surface area contributed by atoms with E-state index in [9.17, 15) is 17.6 Å². The molecule has 0 aliphatic heterocycles. The summed E-state index contributed by atoms with van der Waals surface area (Å²) in [5, 5.41) is -0.284. The average Bonchev–Trinajstić information content (AvgIpc) is 2.90. The minimum Gasteiger partial charge on any atom is -0.292 e. The number of rotatable bonds is 5. The molecule has 7 heteroatoms. The number of carbonyl (C=O) groups is 1. The summed E-state index contributed by atoms with van der Waals surface area (Å²) >= 11 is 6.86. The van der Waals surface area contributed by atoms with E-state index in [0.29, 0.717) is 4.88 Å². The highest BCUT2D eigenvalue weighted by Gasteiger charge is 2.22. The maximum atomic E-state index is 13.1. The van der Waals surface area contributed by atoms with Gasteiger partial charge in [0.1, 0.15) is 11.6 Å². The van der Waals surface area contributed by atoms with Gasteiger partial charge >= 0.3 is 0 Å². The Morgan fingerprint density at radius 3 is 2.57 bits per heavy atom. The monoisotopic (exact) mass is 346 g/mol. The zero-order valence-electron chi connectivity index (χ0n) is 11.1. The van der Waals surface area contributed by atoms with Crippen LogP contribution in [-0.2, 0) is 16.3 Å². The van der Waals surface area contributed by atoms with Crippen molar-refractivity contribution < 1.29 is 17.6 Å². The maximum absolute atomic E-state index is 13.1. The molecule has 1 aromatic carbocycles. The van der Waals surface area contributed by atoms with Crippen LogP contribution in [0.2, 0.25) is 5.02 Å². The van der Waals surface area contributed by atoms with Crippen LogP contribution >= 0.6 is 22.9 Å². The van der Waals surface area contributed by atoms with Crippen LogP contribution in [0.3, 0.4) is 0 Å². The summed E-state index contributed by atoms with van der Waals surface area (Å²) < 4.78 is 37.4. The van der Waals surface area contributed by atoms with E-state index in [1.54, 1.807) is 12.1 Å². The second-order valence-electron chi connectivity index (χ2n) is 4.38. The van der Waals surface area contributed by atoms with E-state index in [4.69, 9.17) is 11.6 Å². The molecule has 0 unspecified atom stereocenters. The first-order chi connectivity index (χ1) is 9.83. The van der Waals surface area contributed by atoms with Crippen molar-refractivity contribution in [2.45, 2.75) is 18.2 Å². The summed E-state index contributed by atoms with van der Waals surface area (Å²) in [5.74, 6) is -1.83. The first-order valence-corrected chi connectivity index (χ1v) is 8.98. The highest BCUT2D eigenvalue weighted by atomic mass is 35.5. The highest BCUT2D eigenvalue weighted by molar-refractivity contribution is 7.92. The Labute approximate surface area is 131 Å². The van der Waals surface area contributed by atoms with Gasteiger partial charge in [0.2, 0.25) is 0 Å². The summed E-state index contributed by atoms with van der Waals surface area (Å²) in [6, 6.07) is 6.53. The number of Topliss-reactive ketones (excluding diaryl/α,β-unsaturated/α-hetero) is 1. The summed E-state index contributed by atoms with van der Waals surface area (Å²) in [4.78, 5) is 13.3. The van der Waals surface area contributed by atoms with Crippen LogP contribution in [0.1, 0.15) is 21.5 Å². The van der Waals surface area contributed by atoms with Crippen LogP contribution in [0.25, 0.3) is 0 Å². The lowest BCUT2D eigenvalue weighted by Gasteiger charge is -2.04. The largest absolute Gasteiger partial charge is 0.292 e. The number of hydrogen-bond donors (Lipinski definition) is 0. The first kappa shape index (κ1) is 16.1. The fourth-order valence-electron chi connectivity index (χ4n) is 1.72. The summed E-state index contributed by atoms with van der Waals surface area (Å²) in [5.41, 5.74) is 0. The molecule has 0 aliphatic carbocycles. The summed E-state index contributed by atoms with van der Waals surface area (Å²) in [7, 11) is -3.84. The predicted molar refractivity (Wildman–Crippen MR) is 81.5 cm³/mol. The first-order valence-electron chi connectivity index (χ1n) is 6.13. The molecule has 2 aromatic rings. The maximum Gasteiger partial charge on any atom is 0.188 e. The Morgan fingerprint density at radius 2 is 2.00 bits per heavy atom. The van der Waals surface area contributed by atoms with E-state index in [1.807, 2.05) is 6.92 Å². The molecule has 0 aliphatic rings. The van der Waals surface area contributed by atoms with E-state index in [1.165, 1.54) is 11.3 Å². The van der Waals surface area contributed by atoms with Crippen LogP contribution < -0.4 is 0 Å². The number of halogens is 2. The molecule has 0 fully saturated rings. The lowest BCUT2D eigenvalue weighted by Crippen LogP contribution is -2.15.